The predicted octanol–water partition coefficient (Wildman–Crippen LogP) is 3.78. The first-order valence-electron chi connectivity index (χ1n) is 8.45. The van der Waals surface area contributed by atoms with Gasteiger partial charge in [0, 0.05) is 19.3 Å². The van der Waals surface area contributed by atoms with Gasteiger partial charge in [0.1, 0.15) is 0 Å². The van der Waals surface area contributed by atoms with Crippen molar-refractivity contribution in [3.63, 3.8) is 0 Å². The van der Waals surface area contributed by atoms with E-state index in [0.717, 1.165) is 12.8 Å². The maximum atomic E-state index is 12.3. The van der Waals surface area contributed by atoms with Crippen LogP contribution in [0.15, 0.2) is 12.4 Å². The number of aryl methyl sites for hydroxylation is 1. The first-order valence-corrected chi connectivity index (χ1v) is 8.45. The predicted molar refractivity (Wildman–Crippen MR) is 89.7 cm³/mol. The van der Waals surface area contributed by atoms with Crippen LogP contribution in [0.4, 0.5) is 0 Å². The molecular formula is C18H31N3O. The highest BCUT2D eigenvalue weighted by atomic mass is 16.1. The number of rotatable bonds is 3. The van der Waals surface area contributed by atoms with Crippen molar-refractivity contribution in [2.24, 2.45) is 23.8 Å². The average molecular weight is 305 g/mol. The summed E-state index contributed by atoms with van der Waals surface area (Å²) in [5.74, 6) is 0.674. The molecule has 0 atom stereocenters. The summed E-state index contributed by atoms with van der Waals surface area (Å²) >= 11 is 0. The van der Waals surface area contributed by atoms with Gasteiger partial charge in [0.2, 0.25) is 0 Å². The number of carbonyl (C=O) groups is 1. The fourth-order valence-corrected chi connectivity index (χ4v) is 4.28. The van der Waals surface area contributed by atoms with E-state index < -0.39 is 0 Å². The number of hydrogen-bond donors (Lipinski definition) is 1. The molecule has 1 heterocycles. The van der Waals surface area contributed by atoms with Crippen LogP contribution >= 0.6 is 0 Å². The van der Waals surface area contributed by atoms with Crippen molar-refractivity contribution in [1.29, 1.82) is 0 Å². The van der Waals surface area contributed by atoms with Gasteiger partial charge in [-0.3, -0.25) is 9.48 Å². The van der Waals surface area contributed by atoms with Crippen molar-refractivity contribution in [2.75, 3.05) is 0 Å². The Morgan fingerprint density at radius 1 is 1.36 bits per heavy atom. The molecular weight excluding hydrogens is 274 g/mol. The van der Waals surface area contributed by atoms with E-state index in [-0.39, 0.29) is 5.91 Å². The molecule has 1 N–H and O–H groups in total. The van der Waals surface area contributed by atoms with Crippen LogP contribution in [0.3, 0.4) is 0 Å². The van der Waals surface area contributed by atoms with Gasteiger partial charge >= 0.3 is 0 Å². The Hall–Kier alpha value is -1.32. The number of carbonyl (C=O) groups excluding carboxylic acids is 1. The van der Waals surface area contributed by atoms with E-state index in [2.05, 4.69) is 45.0 Å². The second kappa shape index (κ2) is 6.05. The van der Waals surface area contributed by atoms with E-state index in [1.165, 1.54) is 12.8 Å². The maximum absolute atomic E-state index is 12.3. The lowest BCUT2D eigenvalue weighted by atomic mass is 9.54. The van der Waals surface area contributed by atoms with Crippen LogP contribution in [0.1, 0.15) is 70.7 Å². The fourth-order valence-electron chi connectivity index (χ4n) is 4.28. The van der Waals surface area contributed by atoms with Crippen molar-refractivity contribution >= 4 is 5.91 Å². The SMILES string of the molecule is CC(C)C1(C(C)(C)C)CCC(NC(=O)c2cnn(C)c2)CC1. The average Bonchev–Trinajstić information content (AvgIpc) is 2.85. The summed E-state index contributed by atoms with van der Waals surface area (Å²) < 4.78 is 1.67. The molecule has 2 rings (SSSR count). The highest BCUT2D eigenvalue weighted by Crippen LogP contribution is 2.54. The summed E-state index contributed by atoms with van der Waals surface area (Å²) in [4.78, 5) is 12.3. The molecule has 4 heteroatoms. The number of amides is 1. The van der Waals surface area contributed by atoms with E-state index in [9.17, 15) is 4.79 Å². The third kappa shape index (κ3) is 3.21. The number of hydrogen-bond acceptors (Lipinski definition) is 2. The molecule has 1 aliphatic rings. The monoisotopic (exact) mass is 305 g/mol. The number of aromatic nitrogens is 2. The van der Waals surface area contributed by atoms with Crippen molar-refractivity contribution in [2.45, 2.75) is 66.3 Å². The van der Waals surface area contributed by atoms with Crippen molar-refractivity contribution < 1.29 is 4.79 Å². The molecule has 1 aromatic heterocycles. The summed E-state index contributed by atoms with van der Waals surface area (Å²) in [7, 11) is 1.83. The quantitative estimate of drug-likeness (QED) is 0.923. The normalized spacial score (nSPS) is 26.2. The lowest BCUT2D eigenvalue weighted by Crippen LogP contribution is -2.47. The highest BCUT2D eigenvalue weighted by Gasteiger charge is 2.46. The minimum Gasteiger partial charge on any atom is -0.349 e. The van der Waals surface area contributed by atoms with Gasteiger partial charge < -0.3 is 5.32 Å². The summed E-state index contributed by atoms with van der Waals surface area (Å²) in [6.07, 6.45) is 7.92. The van der Waals surface area contributed by atoms with E-state index in [1.807, 2.05) is 7.05 Å². The standard InChI is InChI=1S/C18H31N3O/c1-13(2)18(17(3,4)5)9-7-15(8-10-18)20-16(22)14-11-19-21(6)12-14/h11-13,15H,7-10H2,1-6H3,(H,20,22). The molecule has 22 heavy (non-hydrogen) atoms. The maximum Gasteiger partial charge on any atom is 0.254 e. The van der Waals surface area contributed by atoms with Crippen LogP contribution in [0.25, 0.3) is 0 Å². The van der Waals surface area contributed by atoms with Crippen molar-refractivity contribution in [3.8, 4) is 0 Å². The van der Waals surface area contributed by atoms with Crippen LogP contribution in [0, 0.1) is 16.7 Å². The molecule has 0 saturated heterocycles. The molecule has 1 saturated carbocycles. The fraction of sp³-hybridized carbons (Fsp3) is 0.778. The molecule has 0 radical (unpaired) electrons. The molecule has 0 spiro atoms. The van der Waals surface area contributed by atoms with Gasteiger partial charge in [-0.25, -0.2) is 0 Å². The number of nitrogens with one attached hydrogen (secondary N) is 1. The lowest BCUT2D eigenvalue weighted by molar-refractivity contribution is -0.0158. The third-order valence-electron chi connectivity index (χ3n) is 5.78. The minimum absolute atomic E-state index is 0.00547. The molecule has 0 aromatic carbocycles. The summed E-state index contributed by atoms with van der Waals surface area (Å²) in [6.45, 7) is 11.8. The zero-order chi connectivity index (χ0) is 16.5. The van der Waals surface area contributed by atoms with Crippen LogP contribution in [0.2, 0.25) is 0 Å². The van der Waals surface area contributed by atoms with Gasteiger partial charge in [0.05, 0.1) is 11.8 Å². The van der Waals surface area contributed by atoms with Gasteiger partial charge in [0.15, 0.2) is 0 Å². The van der Waals surface area contributed by atoms with Gasteiger partial charge in [-0.1, -0.05) is 34.6 Å². The summed E-state index contributed by atoms with van der Waals surface area (Å²) in [5, 5.41) is 7.25. The zero-order valence-corrected chi connectivity index (χ0v) is 14.9. The Morgan fingerprint density at radius 3 is 2.36 bits per heavy atom. The van der Waals surface area contributed by atoms with Gasteiger partial charge in [0.25, 0.3) is 5.91 Å². The Bertz CT molecular complexity index is 517. The Labute approximate surface area is 134 Å². The summed E-state index contributed by atoms with van der Waals surface area (Å²) in [5.41, 5.74) is 1.33. The van der Waals surface area contributed by atoms with Gasteiger partial charge in [-0.15, -0.1) is 0 Å². The Morgan fingerprint density at radius 2 is 1.95 bits per heavy atom. The lowest BCUT2D eigenvalue weighted by Gasteiger charge is -2.52. The van der Waals surface area contributed by atoms with Gasteiger partial charge in [-0.2, -0.15) is 5.10 Å². The van der Waals surface area contributed by atoms with Crippen LogP contribution in [-0.2, 0) is 7.05 Å². The van der Waals surface area contributed by atoms with E-state index >= 15 is 0 Å². The van der Waals surface area contributed by atoms with Crippen LogP contribution < -0.4 is 5.32 Å². The van der Waals surface area contributed by atoms with E-state index in [1.54, 1.807) is 17.1 Å². The molecule has 1 amide bonds. The second-order valence-corrected chi connectivity index (χ2v) is 8.21. The molecule has 0 aliphatic heterocycles. The molecule has 4 nitrogen and oxygen atoms in total. The number of nitrogens with zero attached hydrogens (tertiary/aromatic N) is 2. The molecule has 0 unspecified atom stereocenters. The Balaban J connectivity index is 1.98. The largest absolute Gasteiger partial charge is 0.349 e. The second-order valence-electron chi connectivity index (χ2n) is 8.21. The zero-order valence-electron chi connectivity index (χ0n) is 14.9. The third-order valence-corrected chi connectivity index (χ3v) is 5.78. The van der Waals surface area contributed by atoms with Crippen LogP contribution in [-0.4, -0.2) is 21.7 Å². The van der Waals surface area contributed by atoms with Crippen molar-refractivity contribution in [1.82, 2.24) is 15.1 Å². The van der Waals surface area contributed by atoms with Gasteiger partial charge in [-0.05, 0) is 42.4 Å². The van der Waals surface area contributed by atoms with E-state index in [0.29, 0.717) is 28.4 Å². The summed E-state index contributed by atoms with van der Waals surface area (Å²) in [6, 6.07) is 0.293. The van der Waals surface area contributed by atoms with E-state index in [4.69, 9.17) is 0 Å². The molecule has 1 aromatic rings. The van der Waals surface area contributed by atoms with Crippen LogP contribution in [0.5, 0.6) is 0 Å². The topological polar surface area (TPSA) is 46.9 Å². The highest BCUT2D eigenvalue weighted by molar-refractivity contribution is 5.93. The molecule has 1 fully saturated rings. The minimum atomic E-state index is 0.00547. The first kappa shape index (κ1) is 17.0. The molecule has 1 aliphatic carbocycles. The first-order chi connectivity index (χ1) is 10.2. The smallest absolute Gasteiger partial charge is 0.254 e. The molecule has 0 bridgehead atoms. The van der Waals surface area contributed by atoms with Crippen molar-refractivity contribution in [3.05, 3.63) is 18.0 Å². The Kier molecular flexibility index (Phi) is 4.69. The molecule has 124 valence electrons.